The van der Waals surface area contributed by atoms with Gasteiger partial charge in [0.25, 0.3) is 5.56 Å². The third kappa shape index (κ3) is 4.22. The van der Waals surface area contributed by atoms with Crippen LogP contribution in [-0.4, -0.2) is 19.7 Å². The van der Waals surface area contributed by atoms with Gasteiger partial charge in [-0.2, -0.15) is 18.2 Å². The Morgan fingerprint density at radius 2 is 1.85 bits per heavy atom. The average Bonchev–Trinajstić information content (AvgIpc) is 3.49. The minimum absolute atomic E-state index is 0.0136. The zero-order chi connectivity index (χ0) is 23.3. The second kappa shape index (κ2) is 7.94. The zero-order valence-corrected chi connectivity index (χ0v) is 17.4. The Morgan fingerprint density at radius 1 is 1.09 bits per heavy atom. The van der Waals surface area contributed by atoms with Crippen LogP contribution < -0.4 is 5.56 Å². The van der Waals surface area contributed by atoms with Crippen LogP contribution in [0.2, 0.25) is 0 Å². The van der Waals surface area contributed by atoms with Crippen LogP contribution >= 0.6 is 11.8 Å². The molecular weight excluding hydrogens is 467 g/mol. The van der Waals surface area contributed by atoms with E-state index in [9.17, 15) is 26.7 Å². The Hall–Kier alpha value is -3.28. The lowest BCUT2D eigenvalue weighted by Crippen LogP contribution is -2.22. The molecule has 0 saturated heterocycles. The van der Waals surface area contributed by atoms with E-state index in [0.29, 0.717) is 0 Å². The minimum Gasteiger partial charge on any atom is -0.338 e. The van der Waals surface area contributed by atoms with Crippen LogP contribution in [0.4, 0.5) is 22.0 Å². The first-order valence-corrected chi connectivity index (χ1v) is 10.7. The first-order valence-electron chi connectivity index (χ1n) is 9.75. The Bertz CT molecular complexity index is 1430. The molecule has 0 N–H and O–H groups in total. The van der Waals surface area contributed by atoms with Crippen LogP contribution in [0.5, 0.6) is 0 Å². The number of aromatic nitrogens is 4. The molecular formula is C21H13F5N4O2S. The molecule has 4 aromatic rings. The summed E-state index contributed by atoms with van der Waals surface area (Å²) in [6.45, 7) is 0. The molecule has 0 aliphatic heterocycles. The molecule has 1 saturated carbocycles. The highest BCUT2D eigenvalue weighted by Gasteiger charge is 2.31. The molecule has 6 nitrogen and oxygen atoms in total. The second-order valence-electron chi connectivity index (χ2n) is 7.46. The molecule has 5 rings (SSSR count). The highest BCUT2D eigenvalue weighted by molar-refractivity contribution is 7.98. The molecule has 0 amide bonds. The Labute approximate surface area is 186 Å². The van der Waals surface area contributed by atoms with Gasteiger partial charge >= 0.3 is 6.18 Å². The van der Waals surface area contributed by atoms with Gasteiger partial charge in [-0.25, -0.2) is 13.8 Å². The van der Waals surface area contributed by atoms with Gasteiger partial charge in [-0.3, -0.25) is 9.36 Å². The Morgan fingerprint density at radius 3 is 2.58 bits per heavy atom. The van der Waals surface area contributed by atoms with Crippen molar-refractivity contribution >= 4 is 22.7 Å². The lowest BCUT2D eigenvalue weighted by molar-refractivity contribution is -0.137. The molecule has 0 atom stereocenters. The first-order chi connectivity index (χ1) is 15.7. The van der Waals surface area contributed by atoms with E-state index in [-0.39, 0.29) is 45.1 Å². The lowest BCUT2D eigenvalue weighted by atomic mass is 10.1. The summed E-state index contributed by atoms with van der Waals surface area (Å²) in [5.41, 5.74) is -1.15. The summed E-state index contributed by atoms with van der Waals surface area (Å²) < 4.78 is 72.7. The van der Waals surface area contributed by atoms with Crippen LogP contribution in [0.25, 0.3) is 22.3 Å². The zero-order valence-electron chi connectivity index (χ0n) is 16.6. The van der Waals surface area contributed by atoms with E-state index < -0.39 is 28.9 Å². The van der Waals surface area contributed by atoms with Gasteiger partial charge in [-0.15, -0.1) is 0 Å². The van der Waals surface area contributed by atoms with E-state index in [0.717, 1.165) is 48.9 Å². The van der Waals surface area contributed by atoms with Crippen molar-refractivity contribution in [2.75, 3.05) is 0 Å². The molecule has 1 aliphatic rings. The fraction of sp³-hybridized carbons (Fsp3) is 0.238. The molecule has 1 aliphatic carbocycles. The van der Waals surface area contributed by atoms with Gasteiger partial charge < -0.3 is 4.52 Å². The highest BCUT2D eigenvalue weighted by Crippen LogP contribution is 2.37. The number of halogens is 5. The molecule has 0 unspecified atom stereocenters. The van der Waals surface area contributed by atoms with Crippen LogP contribution in [0.1, 0.15) is 30.3 Å². The number of hydrogen-bond donors (Lipinski definition) is 0. The maximum atomic E-state index is 13.7. The number of benzene rings is 2. The van der Waals surface area contributed by atoms with Crippen molar-refractivity contribution in [2.45, 2.75) is 36.0 Å². The van der Waals surface area contributed by atoms with Crippen LogP contribution in [0, 0.1) is 11.6 Å². The summed E-state index contributed by atoms with van der Waals surface area (Å²) in [5.74, 6) is -2.08. The predicted octanol–water partition coefficient (Wildman–Crippen LogP) is 5.37. The largest absolute Gasteiger partial charge is 0.416 e. The van der Waals surface area contributed by atoms with E-state index >= 15 is 0 Å². The maximum Gasteiger partial charge on any atom is 0.416 e. The second-order valence-corrected chi connectivity index (χ2v) is 8.41. The average molecular weight is 480 g/mol. The lowest BCUT2D eigenvalue weighted by Gasteiger charge is -2.11. The predicted molar refractivity (Wildman–Crippen MR) is 108 cm³/mol. The van der Waals surface area contributed by atoms with Gasteiger partial charge in [0.05, 0.1) is 22.2 Å². The van der Waals surface area contributed by atoms with E-state index in [1.165, 1.54) is 16.7 Å². The van der Waals surface area contributed by atoms with Crippen molar-refractivity contribution in [2.24, 2.45) is 0 Å². The van der Waals surface area contributed by atoms with E-state index in [4.69, 9.17) is 4.52 Å². The number of thioether (sulfide) groups is 1. The van der Waals surface area contributed by atoms with Crippen molar-refractivity contribution in [1.82, 2.24) is 19.7 Å². The summed E-state index contributed by atoms with van der Waals surface area (Å²) in [7, 11) is 0. The van der Waals surface area contributed by atoms with Crippen LogP contribution in [0.3, 0.4) is 0 Å². The molecule has 2 aromatic heterocycles. The van der Waals surface area contributed by atoms with Gasteiger partial charge in [0.15, 0.2) is 16.8 Å². The third-order valence-electron chi connectivity index (χ3n) is 5.06. The maximum absolute atomic E-state index is 13.7. The van der Waals surface area contributed by atoms with Crippen LogP contribution in [-0.2, 0) is 11.9 Å². The SMILES string of the molecule is O=c1c2cc(F)c(F)cc2nc(SCc2nc(-c3cccc(C(F)(F)F)c3)no2)n1C1CC1. The normalized spacial score (nSPS) is 14.2. The van der Waals surface area contributed by atoms with Crippen molar-refractivity contribution < 1.29 is 26.5 Å². The highest BCUT2D eigenvalue weighted by atomic mass is 32.2. The van der Waals surface area contributed by atoms with Crippen molar-refractivity contribution in [1.29, 1.82) is 0 Å². The van der Waals surface area contributed by atoms with Gasteiger partial charge in [0.1, 0.15) is 0 Å². The van der Waals surface area contributed by atoms with E-state index in [1.807, 2.05) is 0 Å². The monoisotopic (exact) mass is 480 g/mol. The van der Waals surface area contributed by atoms with Gasteiger partial charge in [0, 0.05) is 17.7 Å². The molecule has 2 aromatic carbocycles. The van der Waals surface area contributed by atoms with E-state index in [1.54, 1.807) is 0 Å². The molecule has 1 fully saturated rings. The van der Waals surface area contributed by atoms with Crippen molar-refractivity contribution in [3.63, 3.8) is 0 Å². The minimum atomic E-state index is -4.50. The van der Waals surface area contributed by atoms with Gasteiger partial charge in [-0.05, 0) is 31.0 Å². The molecule has 0 radical (unpaired) electrons. The number of rotatable bonds is 5. The molecule has 0 bridgehead atoms. The van der Waals surface area contributed by atoms with E-state index in [2.05, 4.69) is 15.1 Å². The van der Waals surface area contributed by atoms with Gasteiger partial charge in [0.2, 0.25) is 11.7 Å². The summed E-state index contributed by atoms with van der Waals surface area (Å²) in [5, 5.41) is 3.99. The Balaban J connectivity index is 1.43. The van der Waals surface area contributed by atoms with Crippen molar-refractivity contribution in [3.05, 3.63) is 69.8 Å². The van der Waals surface area contributed by atoms with Crippen molar-refractivity contribution in [3.8, 4) is 11.4 Å². The summed E-state index contributed by atoms with van der Waals surface area (Å²) in [4.78, 5) is 21.3. The summed E-state index contributed by atoms with van der Waals surface area (Å²) >= 11 is 1.08. The molecule has 12 heteroatoms. The smallest absolute Gasteiger partial charge is 0.338 e. The molecule has 33 heavy (non-hydrogen) atoms. The summed E-state index contributed by atoms with van der Waals surface area (Å²) in [6.07, 6.45) is -3.00. The fourth-order valence-corrected chi connectivity index (χ4v) is 4.23. The first kappa shape index (κ1) is 21.6. The molecule has 2 heterocycles. The fourth-order valence-electron chi connectivity index (χ4n) is 3.32. The van der Waals surface area contributed by atoms with Gasteiger partial charge in [-0.1, -0.05) is 29.1 Å². The number of alkyl halides is 3. The number of fused-ring (bicyclic) bond motifs is 1. The standard InChI is InChI=1S/C21H13F5N4O2S/c22-14-7-13-16(8-15(14)23)27-20(30(19(13)31)12-4-5-12)33-9-17-28-18(29-32-17)10-2-1-3-11(6-10)21(24,25)26/h1-3,6-8,12H,4-5,9H2. The number of nitrogens with zero attached hydrogens (tertiary/aromatic N) is 4. The third-order valence-corrected chi connectivity index (χ3v) is 6.00. The molecule has 170 valence electrons. The topological polar surface area (TPSA) is 73.8 Å². The quantitative estimate of drug-likeness (QED) is 0.217. The number of hydrogen-bond acceptors (Lipinski definition) is 6. The molecule has 0 spiro atoms. The van der Waals surface area contributed by atoms with Crippen LogP contribution in [0.15, 0.2) is 50.9 Å². The summed E-state index contributed by atoms with van der Waals surface area (Å²) in [6, 6.07) is 6.16. The Kier molecular flexibility index (Phi) is 5.19.